The second-order valence-corrected chi connectivity index (χ2v) is 4.57. The van der Waals surface area contributed by atoms with Gasteiger partial charge in [0.15, 0.2) is 0 Å². The number of aromatic hydroxyl groups is 1. The van der Waals surface area contributed by atoms with Crippen LogP contribution in [-0.2, 0) is 6.54 Å². The third-order valence-electron chi connectivity index (χ3n) is 2.98. The van der Waals surface area contributed by atoms with Crippen LogP contribution < -0.4 is 5.32 Å². The van der Waals surface area contributed by atoms with Crippen LogP contribution in [0.3, 0.4) is 0 Å². The Morgan fingerprint density at radius 1 is 1.05 bits per heavy atom. The fourth-order valence-electron chi connectivity index (χ4n) is 1.82. The van der Waals surface area contributed by atoms with E-state index in [1.165, 1.54) is 5.56 Å². The van der Waals surface area contributed by atoms with Crippen LogP contribution in [0.2, 0.25) is 0 Å². The van der Waals surface area contributed by atoms with Crippen molar-refractivity contribution in [1.82, 2.24) is 5.32 Å². The van der Waals surface area contributed by atoms with E-state index in [2.05, 4.69) is 36.5 Å². The molecule has 0 saturated carbocycles. The Bertz CT molecular complexity index is 534. The lowest BCUT2D eigenvalue weighted by atomic mass is 10.1. The van der Waals surface area contributed by atoms with Crippen LogP contribution in [0.1, 0.15) is 18.1 Å². The molecule has 0 radical (unpaired) electrons. The van der Waals surface area contributed by atoms with Gasteiger partial charge in [-0.3, -0.25) is 0 Å². The Morgan fingerprint density at radius 2 is 1.74 bits per heavy atom. The van der Waals surface area contributed by atoms with Crippen LogP contribution in [0.5, 0.6) is 5.75 Å². The molecule has 98 valence electrons. The maximum atomic E-state index is 9.67. The van der Waals surface area contributed by atoms with Crippen molar-refractivity contribution in [2.75, 3.05) is 0 Å². The molecular weight excluding hydrogens is 234 g/mol. The fourth-order valence-corrected chi connectivity index (χ4v) is 1.82. The standard InChI is InChI=1S/C17H19NO/c1-14(11-12-15-7-3-2-4-8-15)18-13-16-9-5-6-10-17(16)19/h2-12,14,18-19H,13H2,1H3/b12-11+/t14-/m0/s1. The van der Waals surface area contributed by atoms with Crippen LogP contribution in [-0.4, -0.2) is 11.1 Å². The van der Waals surface area contributed by atoms with Crippen LogP contribution >= 0.6 is 0 Å². The quantitative estimate of drug-likeness (QED) is 0.853. The van der Waals surface area contributed by atoms with Gasteiger partial charge in [-0.15, -0.1) is 0 Å². The monoisotopic (exact) mass is 253 g/mol. The number of hydrogen-bond donors (Lipinski definition) is 2. The molecule has 2 aromatic rings. The SMILES string of the molecule is C[C@@H](/C=C/c1ccccc1)NCc1ccccc1O. The van der Waals surface area contributed by atoms with Gasteiger partial charge in [-0.1, -0.05) is 60.7 Å². The van der Waals surface area contributed by atoms with E-state index >= 15 is 0 Å². The van der Waals surface area contributed by atoms with Gasteiger partial charge < -0.3 is 10.4 Å². The van der Waals surface area contributed by atoms with Crippen molar-refractivity contribution in [2.45, 2.75) is 19.5 Å². The van der Waals surface area contributed by atoms with Crippen molar-refractivity contribution in [3.05, 3.63) is 71.8 Å². The Kier molecular flexibility index (Phi) is 4.76. The summed E-state index contributed by atoms with van der Waals surface area (Å²) in [6.45, 7) is 2.76. The Balaban J connectivity index is 1.87. The molecule has 0 aliphatic rings. The van der Waals surface area contributed by atoms with E-state index in [9.17, 15) is 5.11 Å². The summed E-state index contributed by atoms with van der Waals surface area (Å²) in [6, 6.07) is 17.9. The molecular formula is C17H19NO. The first kappa shape index (κ1) is 13.4. The minimum absolute atomic E-state index is 0.250. The summed E-state index contributed by atoms with van der Waals surface area (Å²) in [5.41, 5.74) is 2.11. The van der Waals surface area contributed by atoms with Gasteiger partial charge in [0, 0.05) is 18.2 Å². The minimum Gasteiger partial charge on any atom is -0.508 e. The zero-order valence-electron chi connectivity index (χ0n) is 11.1. The highest BCUT2D eigenvalue weighted by molar-refractivity contribution is 5.49. The number of nitrogens with one attached hydrogen (secondary N) is 1. The molecule has 2 nitrogen and oxygen atoms in total. The van der Waals surface area contributed by atoms with Crippen molar-refractivity contribution in [3.8, 4) is 5.75 Å². The maximum absolute atomic E-state index is 9.67. The predicted octanol–water partition coefficient (Wildman–Crippen LogP) is 3.58. The van der Waals surface area contributed by atoms with Gasteiger partial charge in [0.05, 0.1) is 0 Å². The molecule has 1 atom stereocenters. The number of benzene rings is 2. The normalized spacial score (nSPS) is 12.7. The molecule has 0 spiro atoms. The van der Waals surface area contributed by atoms with Crippen molar-refractivity contribution in [1.29, 1.82) is 0 Å². The topological polar surface area (TPSA) is 32.3 Å². The second-order valence-electron chi connectivity index (χ2n) is 4.57. The Hall–Kier alpha value is -2.06. The fraction of sp³-hybridized carbons (Fsp3) is 0.176. The average molecular weight is 253 g/mol. The third-order valence-corrected chi connectivity index (χ3v) is 2.98. The third kappa shape index (κ3) is 4.27. The first-order chi connectivity index (χ1) is 9.25. The highest BCUT2D eigenvalue weighted by atomic mass is 16.3. The highest BCUT2D eigenvalue weighted by Crippen LogP contribution is 2.15. The van der Waals surface area contributed by atoms with Crippen LogP contribution in [0, 0.1) is 0 Å². The highest BCUT2D eigenvalue weighted by Gasteiger charge is 2.01. The van der Waals surface area contributed by atoms with Gasteiger partial charge in [0.25, 0.3) is 0 Å². The summed E-state index contributed by atoms with van der Waals surface area (Å²) < 4.78 is 0. The summed E-state index contributed by atoms with van der Waals surface area (Å²) in [5, 5.41) is 13.0. The number of hydrogen-bond acceptors (Lipinski definition) is 2. The van der Waals surface area contributed by atoms with E-state index in [-0.39, 0.29) is 6.04 Å². The first-order valence-corrected chi connectivity index (χ1v) is 6.49. The van der Waals surface area contributed by atoms with Crippen molar-refractivity contribution in [2.24, 2.45) is 0 Å². The molecule has 0 fully saturated rings. The van der Waals surface area contributed by atoms with Gasteiger partial charge in [-0.2, -0.15) is 0 Å². The molecule has 0 amide bonds. The van der Waals surface area contributed by atoms with E-state index in [1.807, 2.05) is 36.4 Å². The number of phenolic OH excluding ortho intramolecular Hbond substituents is 1. The smallest absolute Gasteiger partial charge is 0.120 e. The van der Waals surface area contributed by atoms with Gasteiger partial charge >= 0.3 is 0 Å². The molecule has 2 aromatic carbocycles. The molecule has 0 aliphatic heterocycles. The molecule has 0 aromatic heterocycles. The first-order valence-electron chi connectivity index (χ1n) is 6.49. The molecule has 2 rings (SSSR count). The minimum atomic E-state index is 0.250. The zero-order chi connectivity index (χ0) is 13.5. The van der Waals surface area contributed by atoms with E-state index in [0.717, 1.165) is 5.56 Å². The molecule has 2 N–H and O–H groups in total. The maximum Gasteiger partial charge on any atom is 0.120 e. The molecule has 0 bridgehead atoms. The lowest BCUT2D eigenvalue weighted by molar-refractivity contribution is 0.463. The van der Waals surface area contributed by atoms with Crippen molar-refractivity contribution < 1.29 is 5.11 Å². The van der Waals surface area contributed by atoms with Gasteiger partial charge in [0.1, 0.15) is 5.75 Å². The Labute approximate surface area is 114 Å². The number of para-hydroxylation sites is 1. The molecule has 0 heterocycles. The number of phenols is 1. The lowest BCUT2D eigenvalue weighted by Gasteiger charge is -2.10. The second kappa shape index (κ2) is 6.76. The summed E-state index contributed by atoms with van der Waals surface area (Å²) in [6.07, 6.45) is 4.22. The van der Waals surface area contributed by atoms with Crippen molar-refractivity contribution in [3.63, 3.8) is 0 Å². The van der Waals surface area contributed by atoms with Crippen LogP contribution in [0.4, 0.5) is 0 Å². The number of rotatable bonds is 5. The van der Waals surface area contributed by atoms with Gasteiger partial charge in [0.2, 0.25) is 0 Å². The largest absolute Gasteiger partial charge is 0.508 e. The van der Waals surface area contributed by atoms with E-state index in [1.54, 1.807) is 6.07 Å². The summed E-state index contributed by atoms with van der Waals surface area (Å²) in [4.78, 5) is 0. The van der Waals surface area contributed by atoms with Gasteiger partial charge in [-0.05, 0) is 18.6 Å². The summed E-state index contributed by atoms with van der Waals surface area (Å²) >= 11 is 0. The summed E-state index contributed by atoms with van der Waals surface area (Å²) in [7, 11) is 0. The zero-order valence-corrected chi connectivity index (χ0v) is 11.1. The van der Waals surface area contributed by atoms with Crippen LogP contribution in [0.25, 0.3) is 6.08 Å². The van der Waals surface area contributed by atoms with Gasteiger partial charge in [-0.25, -0.2) is 0 Å². The molecule has 0 unspecified atom stereocenters. The average Bonchev–Trinajstić information content (AvgIpc) is 2.45. The predicted molar refractivity (Wildman–Crippen MR) is 79.9 cm³/mol. The summed E-state index contributed by atoms with van der Waals surface area (Å²) in [5.74, 6) is 0.342. The van der Waals surface area contributed by atoms with Crippen molar-refractivity contribution >= 4 is 6.08 Å². The van der Waals surface area contributed by atoms with E-state index in [0.29, 0.717) is 12.3 Å². The molecule has 19 heavy (non-hydrogen) atoms. The van der Waals surface area contributed by atoms with Crippen LogP contribution in [0.15, 0.2) is 60.7 Å². The Morgan fingerprint density at radius 3 is 2.47 bits per heavy atom. The molecule has 0 saturated heterocycles. The van der Waals surface area contributed by atoms with E-state index in [4.69, 9.17) is 0 Å². The molecule has 2 heteroatoms. The van der Waals surface area contributed by atoms with E-state index < -0.39 is 0 Å². The lowest BCUT2D eigenvalue weighted by Crippen LogP contribution is -2.23. The molecule has 0 aliphatic carbocycles.